The summed E-state index contributed by atoms with van der Waals surface area (Å²) in [4.78, 5) is 2.89. The molecule has 1 aromatic carbocycles. The number of aliphatic hydroxyl groups is 1. The largest absolute Gasteiger partial charge is 0.427 e. The van der Waals surface area contributed by atoms with Crippen LogP contribution in [0.15, 0.2) is 30.5 Å². The van der Waals surface area contributed by atoms with E-state index in [0.29, 0.717) is 11.3 Å². The summed E-state index contributed by atoms with van der Waals surface area (Å²) in [6, 6.07) is 7.31. The first-order valence-corrected chi connectivity index (χ1v) is 6.70. The van der Waals surface area contributed by atoms with Gasteiger partial charge in [-0.05, 0) is 18.1 Å². The summed E-state index contributed by atoms with van der Waals surface area (Å²) in [7, 11) is 0. The number of anilines is 1. The molecule has 1 heterocycles. The van der Waals surface area contributed by atoms with Crippen molar-refractivity contribution in [2.75, 3.05) is 11.9 Å². The molecule has 0 aliphatic carbocycles. The van der Waals surface area contributed by atoms with Crippen LogP contribution in [0, 0.1) is 6.92 Å². The highest BCUT2D eigenvalue weighted by Gasteiger charge is 2.33. The van der Waals surface area contributed by atoms with Crippen molar-refractivity contribution in [3.05, 3.63) is 46.5 Å². The van der Waals surface area contributed by atoms with Crippen LogP contribution in [0.3, 0.4) is 0 Å². The lowest BCUT2D eigenvalue weighted by molar-refractivity contribution is -0.134. The number of aryl methyl sites for hydroxylation is 1. The van der Waals surface area contributed by atoms with E-state index in [-0.39, 0.29) is 11.7 Å². The van der Waals surface area contributed by atoms with Crippen LogP contribution in [0.1, 0.15) is 22.1 Å². The van der Waals surface area contributed by atoms with Gasteiger partial charge in [0.1, 0.15) is 4.88 Å². The van der Waals surface area contributed by atoms with E-state index in [1.54, 1.807) is 12.1 Å². The number of halogens is 3. The van der Waals surface area contributed by atoms with Crippen LogP contribution < -0.4 is 5.32 Å². The van der Waals surface area contributed by atoms with E-state index in [9.17, 15) is 18.3 Å². The van der Waals surface area contributed by atoms with Crippen molar-refractivity contribution in [3.8, 4) is 0 Å². The van der Waals surface area contributed by atoms with Gasteiger partial charge in [-0.1, -0.05) is 35.6 Å². The molecule has 0 aliphatic rings. The number of hydrogen-bond donors (Lipinski definition) is 2. The fraction of sp³-hybridized carbons (Fsp3) is 0.308. The fourth-order valence-corrected chi connectivity index (χ4v) is 2.43. The maximum Gasteiger partial charge on any atom is 0.427 e. The fourth-order valence-electron chi connectivity index (χ4n) is 1.74. The van der Waals surface area contributed by atoms with Crippen molar-refractivity contribution in [1.29, 1.82) is 0 Å². The number of rotatable bonds is 4. The average Bonchev–Trinajstić information content (AvgIpc) is 2.85. The molecule has 2 rings (SSSR count). The first-order valence-electron chi connectivity index (χ1n) is 5.88. The molecule has 1 unspecified atom stereocenters. The Morgan fingerprint density at radius 3 is 2.65 bits per heavy atom. The molecule has 0 saturated heterocycles. The molecule has 7 heteroatoms. The predicted molar refractivity (Wildman–Crippen MR) is 71.7 cm³/mol. The van der Waals surface area contributed by atoms with Gasteiger partial charge in [0, 0.05) is 6.54 Å². The third-order valence-corrected chi connectivity index (χ3v) is 3.78. The van der Waals surface area contributed by atoms with Crippen molar-refractivity contribution < 1.29 is 18.3 Å². The number of aromatic nitrogens is 1. The molecule has 3 nitrogen and oxygen atoms in total. The summed E-state index contributed by atoms with van der Waals surface area (Å²) in [5.41, 5.74) is 1.67. The van der Waals surface area contributed by atoms with E-state index in [1.165, 1.54) is 0 Å². The number of alkyl halides is 3. The molecule has 1 aromatic heterocycles. The van der Waals surface area contributed by atoms with E-state index in [0.717, 1.165) is 17.3 Å². The first-order chi connectivity index (χ1) is 9.38. The number of hydrogen-bond acceptors (Lipinski definition) is 4. The Balaban J connectivity index is 1.99. The van der Waals surface area contributed by atoms with Gasteiger partial charge in [-0.25, -0.2) is 4.98 Å². The van der Waals surface area contributed by atoms with Crippen LogP contribution in [0.4, 0.5) is 18.3 Å². The SMILES string of the molecule is Cc1ccccc1C(O)CNc1ncc(C(F)(F)F)s1. The van der Waals surface area contributed by atoms with Gasteiger partial charge in [0.05, 0.1) is 12.3 Å². The van der Waals surface area contributed by atoms with Gasteiger partial charge < -0.3 is 10.4 Å². The maximum atomic E-state index is 12.4. The summed E-state index contributed by atoms with van der Waals surface area (Å²) in [5.74, 6) is 0. The zero-order chi connectivity index (χ0) is 14.8. The number of thiazole rings is 1. The Bertz CT molecular complexity index is 583. The Kier molecular flexibility index (Phi) is 4.29. The number of benzene rings is 1. The van der Waals surface area contributed by atoms with E-state index >= 15 is 0 Å². The molecule has 0 amide bonds. The van der Waals surface area contributed by atoms with Gasteiger partial charge in [-0.2, -0.15) is 13.2 Å². The minimum Gasteiger partial charge on any atom is -0.387 e. The second-order valence-electron chi connectivity index (χ2n) is 4.28. The molecule has 2 aromatic rings. The third kappa shape index (κ3) is 3.49. The van der Waals surface area contributed by atoms with Gasteiger partial charge in [0.25, 0.3) is 0 Å². The quantitative estimate of drug-likeness (QED) is 0.907. The lowest BCUT2D eigenvalue weighted by atomic mass is 10.0. The third-order valence-electron chi connectivity index (χ3n) is 2.78. The molecule has 108 valence electrons. The maximum absolute atomic E-state index is 12.4. The molecule has 0 fully saturated rings. The summed E-state index contributed by atoms with van der Waals surface area (Å²) in [6.07, 6.45) is -4.39. The molecule has 0 spiro atoms. The Hall–Kier alpha value is -1.60. The normalized spacial score (nSPS) is 13.2. The minimum absolute atomic E-state index is 0.107. The number of aliphatic hydroxyl groups excluding tert-OH is 1. The monoisotopic (exact) mass is 302 g/mol. The zero-order valence-electron chi connectivity index (χ0n) is 10.6. The Labute approximate surface area is 118 Å². The second-order valence-corrected chi connectivity index (χ2v) is 5.31. The number of nitrogens with one attached hydrogen (secondary N) is 1. The van der Waals surface area contributed by atoms with Gasteiger partial charge in [-0.15, -0.1) is 0 Å². The topological polar surface area (TPSA) is 45.1 Å². The lowest BCUT2D eigenvalue weighted by Crippen LogP contribution is -2.12. The summed E-state index contributed by atoms with van der Waals surface area (Å²) in [5, 5.41) is 12.9. The molecule has 0 radical (unpaired) electrons. The van der Waals surface area contributed by atoms with Crippen molar-refractivity contribution >= 4 is 16.5 Å². The summed E-state index contributed by atoms with van der Waals surface area (Å²) < 4.78 is 37.2. The molecule has 0 aliphatic heterocycles. The van der Waals surface area contributed by atoms with Crippen molar-refractivity contribution in [3.63, 3.8) is 0 Å². The molecule has 1 atom stereocenters. The van der Waals surface area contributed by atoms with E-state index in [4.69, 9.17) is 0 Å². The molecule has 2 N–H and O–H groups in total. The highest BCUT2D eigenvalue weighted by atomic mass is 32.1. The van der Waals surface area contributed by atoms with Crippen LogP contribution in [0.5, 0.6) is 0 Å². The second kappa shape index (κ2) is 5.80. The lowest BCUT2D eigenvalue weighted by Gasteiger charge is -2.13. The van der Waals surface area contributed by atoms with Crippen LogP contribution in [0.25, 0.3) is 0 Å². The molecule has 20 heavy (non-hydrogen) atoms. The van der Waals surface area contributed by atoms with Crippen LogP contribution in [-0.4, -0.2) is 16.6 Å². The smallest absolute Gasteiger partial charge is 0.387 e. The Morgan fingerprint density at radius 2 is 2.05 bits per heavy atom. The van der Waals surface area contributed by atoms with E-state index in [2.05, 4.69) is 10.3 Å². The molecular formula is C13H13F3N2OS. The highest BCUT2D eigenvalue weighted by molar-refractivity contribution is 7.15. The number of nitrogens with zero attached hydrogens (tertiary/aromatic N) is 1. The molecule has 0 bridgehead atoms. The van der Waals surface area contributed by atoms with Gasteiger partial charge in [0.15, 0.2) is 5.13 Å². The highest BCUT2D eigenvalue weighted by Crippen LogP contribution is 2.35. The average molecular weight is 302 g/mol. The van der Waals surface area contributed by atoms with E-state index < -0.39 is 17.2 Å². The molecular weight excluding hydrogens is 289 g/mol. The zero-order valence-corrected chi connectivity index (χ0v) is 11.4. The summed E-state index contributed by atoms with van der Waals surface area (Å²) >= 11 is 0.523. The van der Waals surface area contributed by atoms with Gasteiger partial charge in [-0.3, -0.25) is 0 Å². The predicted octanol–water partition coefficient (Wildman–Crippen LogP) is 3.62. The van der Waals surface area contributed by atoms with Crippen molar-refractivity contribution in [2.45, 2.75) is 19.2 Å². The van der Waals surface area contributed by atoms with Crippen LogP contribution in [-0.2, 0) is 6.18 Å². The van der Waals surface area contributed by atoms with Crippen LogP contribution in [0.2, 0.25) is 0 Å². The van der Waals surface area contributed by atoms with E-state index in [1.807, 2.05) is 19.1 Å². The van der Waals surface area contributed by atoms with Crippen LogP contribution >= 0.6 is 11.3 Å². The summed E-state index contributed by atoms with van der Waals surface area (Å²) in [6.45, 7) is 1.97. The standard InChI is InChI=1S/C13H13F3N2OS/c1-8-4-2-3-5-9(8)10(19)6-17-12-18-7-11(20-12)13(14,15)16/h2-5,7,10,19H,6H2,1H3,(H,17,18). The van der Waals surface area contributed by atoms with Gasteiger partial charge in [0.2, 0.25) is 0 Å². The minimum atomic E-state index is -4.38. The van der Waals surface area contributed by atoms with Gasteiger partial charge >= 0.3 is 6.18 Å². The Morgan fingerprint density at radius 1 is 1.35 bits per heavy atom. The van der Waals surface area contributed by atoms with Crippen molar-refractivity contribution in [2.24, 2.45) is 0 Å². The van der Waals surface area contributed by atoms with Crippen molar-refractivity contribution in [1.82, 2.24) is 4.98 Å². The molecule has 0 saturated carbocycles. The first kappa shape index (κ1) is 14.8.